The standard InChI is InChI=1S/C21H17F3N2O/c22-21(23,24)18-13-16(11-12-17(18)14-7-3-1-4-8-14)26-19(20(25)27)15-9-5-2-6-10-15/h1-13,19,26H,(H2,25,27). The summed E-state index contributed by atoms with van der Waals surface area (Å²) in [6.45, 7) is 0. The lowest BCUT2D eigenvalue weighted by molar-refractivity contribution is -0.137. The first-order valence-corrected chi connectivity index (χ1v) is 8.24. The van der Waals surface area contributed by atoms with Crippen LogP contribution in [0.1, 0.15) is 17.2 Å². The van der Waals surface area contributed by atoms with Gasteiger partial charge in [0.1, 0.15) is 6.04 Å². The first-order chi connectivity index (χ1) is 12.9. The second-order valence-electron chi connectivity index (χ2n) is 6.01. The number of anilines is 1. The number of rotatable bonds is 5. The summed E-state index contributed by atoms with van der Waals surface area (Å²) in [5.41, 5.74) is 5.93. The highest BCUT2D eigenvalue weighted by molar-refractivity contribution is 5.85. The van der Waals surface area contributed by atoms with Gasteiger partial charge in [0, 0.05) is 5.69 Å². The topological polar surface area (TPSA) is 55.1 Å². The van der Waals surface area contributed by atoms with Crippen molar-refractivity contribution in [2.45, 2.75) is 12.2 Å². The molecule has 1 unspecified atom stereocenters. The average molecular weight is 370 g/mol. The molecule has 0 aliphatic heterocycles. The summed E-state index contributed by atoms with van der Waals surface area (Å²) in [6, 6.07) is 19.9. The van der Waals surface area contributed by atoms with Crippen LogP contribution in [0.15, 0.2) is 78.9 Å². The summed E-state index contributed by atoms with van der Waals surface area (Å²) in [5, 5.41) is 2.81. The van der Waals surface area contributed by atoms with E-state index in [4.69, 9.17) is 5.73 Å². The summed E-state index contributed by atoms with van der Waals surface area (Å²) in [5.74, 6) is -0.679. The molecule has 0 aliphatic rings. The fraction of sp³-hybridized carbons (Fsp3) is 0.0952. The summed E-state index contributed by atoms with van der Waals surface area (Å²) in [7, 11) is 0. The quantitative estimate of drug-likeness (QED) is 0.663. The van der Waals surface area contributed by atoms with E-state index in [1.807, 2.05) is 0 Å². The van der Waals surface area contributed by atoms with E-state index in [9.17, 15) is 18.0 Å². The van der Waals surface area contributed by atoms with Crippen LogP contribution < -0.4 is 11.1 Å². The highest BCUT2D eigenvalue weighted by Crippen LogP contribution is 2.39. The van der Waals surface area contributed by atoms with E-state index >= 15 is 0 Å². The molecule has 3 aromatic rings. The molecule has 0 saturated heterocycles. The largest absolute Gasteiger partial charge is 0.417 e. The maximum Gasteiger partial charge on any atom is 0.417 e. The van der Waals surface area contributed by atoms with Crippen molar-refractivity contribution in [3.8, 4) is 11.1 Å². The van der Waals surface area contributed by atoms with Gasteiger partial charge in [-0.2, -0.15) is 13.2 Å². The molecule has 0 saturated carbocycles. The Morgan fingerprint density at radius 3 is 2.04 bits per heavy atom. The van der Waals surface area contributed by atoms with Crippen molar-refractivity contribution in [3.63, 3.8) is 0 Å². The Morgan fingerprint density at radius 1 is 0.889 bits per heavy atom. The molecule has 27 heavy (non-hydrogen) atoms. The number of carbonyl (C=O) groups excluding carboxylic acids is 1. The van der Waals surface area contributed by atoms with Gasteiger partial charge in [-0.3, -0.25) is 4.79 Å². The van der Waals surface area contributed by atoms with Crippen LogP contribution in [-0.4, -0.2) is 5.91 Å². The Labute approximate surface area is 154 Å². The number of primary amides is 1. The SMILES string of the molecule is NC(=O)C(Nc1ccc(-c2ccccc2)c(C(F)(F)F)c1)c1ccccc1. The molecule has 0 radical (unpaired) electrons. The Balaban J connectivity index is 2.01. The highest BCUT2D eigenvalue weighted by Gasteiger charge is 2.34. The van der Waals surface area contributed by atoms with Gasteiger partial charge in [0.25, 0.3) is 0 Å². The van der Waals surface area contributed by atoms with Crippen LogP contribution in [0.4, 0.5) is 18.9 Å². The molecule has 3 N–H and O–H groups in total. The normalized spacial score (nSPS) is 12.4. The molecule has 0 aromatic heterocycles. The average Bonchev–Trinajstić information content (AvgIpc) is 2.66. The number of benzene rings is 3. The molecule has 0 bridgehead atoms. The van der Waals surface area contributed by atoms with Crippen LogP contribution in [0.2, 0.25) is 0 Å². The van der Waals surface area contributed by atoms with Crippen molar-refractivity contribution in [2.24, 2.45) is 5.73 Å². The van der Waals surface area contributed by atoms with Crippen molar-refractivity contribution in [1.82, 2.24) is 0 Å². The molecular weight excluding hydrogens is 353 g/mol. The minimum Gasteiger partial charge on any atom is -0.370 e. The van der Waals surface area contributed by atoms with Gasteiger partial charge in [-0.25, -0.2) is 0 Å². The highest BCUT2D eigenvalue weighted by atomic mass is 19.4. The zero-order valence-corrected chi connectivity index (χ0v) is 14.2. The van der Waals surface area contributed by atoms with Crippen LogP contribution in [0.5, 0.6) is 0 Å². The molecule has 6 heteroatoms. The van der Waals surface area contributed by atoms with Gasteiger partial charge < -0.3 is 11.1 Å². The zero-order valence-electron chi connectivity index (χ0n) is 14.2. The zero-order chi connectivity index (χ0) is 19.4. The van der Waals surface area contributed by atoms with E-state index in [-0.39, 0.29) is 11.3 Å². The molecule has 0 spiro atoms. The van der Waals surface area contributed by atoms with Crippen LogP contribution in [0.3, 0.4) is 0 Å². The maximum atomic E-state index is 13.6. The van der Waals surface area contributed by atoms with Crippen molar-refractivity contribution in [1.29, 1.82) is 0 Å². The van der Waals surface area contributed by atoms with Gasteiger partial charge in [-0.05, 0) is 28.8 Å². The van der Waals surface area contributed by atoms with E-state index < -0.39 is 23.7 Å². The number of alkyl halides is 3. The predicted octanol–water partition coefficient (Wildman–Crippen LogP) is 5.01. The fourth-order valence-corrected chi connectivity index (χ4v) is 2.87. The fourth-order valence-electron chi connectivity index (χ4n) is 2.87. The lowest BCUT2D eigenvalue weighted by atomic mass is 9.98. The number of halogens is 3. The van der Waals surface area contributed by atoms with Crippen LogP contribution in [-0.2, 0) is 11.0 Å². The molecule has 1 amide bonds. The Kier molecular flexibility index (Phi) is 5.16. The van der Waals surface area contributed by atoms with Crippen molar-refractivity contribution >= 4 is 11.6 Å². The number of carbonyl (C=O) groups is 1. The number of nitrogens with one attached hydrogen (secondary N) is 1. The third-order valence-corrected chi connectivity index (χ3v) is 4.14. The predicted molar refractivity (Wildman–Crippen MR) is 98.9 cm³/mol. The molecule has 138 valence electrons. The lowest BCUT2D eigenvalue weighted by Crippen LogP contribution is -2.27. The van der Waals surface area contributed by atoms with Gasteiger partial charge in [0.05, 0.1) is 5.56 Å². The van der Waals surface area contributed by atoms with E-state index in [2.05, 4.69) is 5.32 Å². The van der Waals surface area contributed by atoms with Crippen molar-refractivity contribution in [3.05, 3.63) is 90.0 Å². The number of nitrogens with two attached hydrogens (primary N) is 1. The van der Waals surface area contributed by atoms with Gasteiger partial charge in [0.2, 0.25) is 5.91 Å². The van der Waals surface area contributed by atoms with Crippen molar-refractivity contribution < 1.29 is 18.0 Å². The molecule has 1 atom stereocenters. The maximum absolute atomic E-state index is 13.6. The van der Waals surface area contributed by atoms with Gasteiger partial charge in [-0.15, -0.1) is 0 Å². The minimum absolute atomic E-state index is 0.0731. The monoisotopic (exact) mass is 370 g/mol. The second kappa shape index (κ2) is 7.53. The lowest BCUT2D eigenvalue weighted by Gasteiger charge is -2.20. The summed E-state index contributed by atoms with van der Waals surface area (Å²) < 4.78 is 40.8. The minimum atomic E-state index is -4.54. The molecule has 3 nitrogen and oxygen atoms in total. The van der Waals surface area contributed by atoms with E-state index in [0.717, 1.165) is 6.07 Å². The Hall–Kier alpha value is -3.28. The van der Waals surface area contributed by atoms with Gasteiger partial charge >= 0.3 is 6.18 Å². The number of hydrogen-bond acceptors (Lipinski definition) is 2. The van der Waals surface area contributed by atoms with Crippen LogP contribution in [0.25, 0.3) is 11.1 Å². The summed E-state index contributed by atoms with van der Waals surface area (Å²) >= 11 is 0. The van der Waals surface area contributed by atoms with E-state index in [0.29, 0.717) is 11.1 Å². The first kappa shape index (κ1) is 18.5. The smallest absolute Gasteiger partial charge is 0.370 e. The van der Waals surface area contributed by atoms with Crippen LogP contribution in [0, 0.1) is 0 Å². The molecule has 3 aromatic carbocycles. The third kappa shape index (κ3) is 4.28. The molecule has 3 rings (SSSR count). The third-order valence-electron chi connectivity index (χ3n) is 4.14. The molecule has 0 aliphatic carbocycles. The van der Waals surface area contributed by atoms with Gasteiger partial charge in [0.15, 0.2) is 0 Å². The van der Waals surface area contributed by atoms with Crippen molar-refractivity contribution in [2.75, 3.05) is 5.32 Å². The Morgan fingerprint density at radius 2 is 1.48 bits per heavy atom. The van der Waals surface area contributed by atoms with Crippen LogP contribution >= 0.6 is 0 Å². The van der Waals surface area contributed by atoms with E-state index in [1.54, 1.807) is 60.7 Å². The Bertz CT molecular complexity index is 925. The summed E-state index contributed by atoms with van der Waals surface area (Å²) in [6.07, 6.45) is -4.54. The molecule has 0 fully saturated rings. The first-order valence-electron chi connectivity index (χ1n) is 8.24. The molecule has 0 heterocycles. The van der Waals surface area contributed by atoms with E-state index in [1.165, 1.54) is 12.1 Å². The molecular formula is C21H17F3N2O. The second-order valence-corrected chi connectivity index (χ2v) is 6.01. The van der Waals surface area contributed by atoms with Gasteiger partial charge in [-0.1, -0.05) is 66.7 Å². The number of amides is 1. The number of hydrogen-bond donors (Lipinski definition) is 2. The summed E-state index contributed by atoms with van der Waals surface area (Å²) in [4.78, 5) is 11.8.